The highest BCUT2D eigenvalue weighted by molar-refractivity contribution is 7.99. The zero-order valence-corrected chi connectivity index (χ0v) is 18.4. The molecule has 10 heteroatoms. The Morgan fingerprint density at radius 2 is 1.81 bits per heavy atom. The summed E-state index contributed by atoms with van der Waals surface area (Å²) in [6.07, 6.45) is 0.250. The maximum Gasteiger partial charge on any atom is 0.240 e. The molecule has 1 aromatic rings. The van der Waals surface area contributed by atoms with Gasteiger partial charge in [-0.05, 0) is 12.1 Å². The van der Waals surface area contributed by atoms with Crippen molar-refractivity contribution in [3.63, 3.8) is 0 Å². The van der Waals surface area contributed by atoms with Crippen LogP contribution in [0.1, 0.15) is 19.8 Å². The second-order valence-corrected chi connectivity index (χ2v) is 9.04. The maximum atomic E-state index is 12.6. The van der Waals surface area contributed by atoms with Crippen molar-refractivity contribution in [2.75, 3.05) is 38.5 Å². The van der Waals surface area contributed by atoms with E-state index >= 15 is 0 Å². The second kappa shape index (κ2) is 10.1. The van der Waals surface area contributed by atoms with Crippen molar-refractivity contribution in [1.29, 1.82) is 0 Å². The molecule has 0 bridgehead atoms. The highest BCUT2D eigenvalue weighted by Gasteiger charge is 2.49. The summed E-state index contributed by atoms with van der Waals surface area (Å²) in [5, 5.41) is 2.40. The van der Waals surface area contributed by atoms with Gasteiger partial charge in [0.05, 0.1) is 32.7 Å². The van der Waals surface area contributed by atoms with Gasteiger partial charge in [-0.1, -0.05) is 18.2 Å². The third-order valence-electron chi connectivity index (χ3n) is 5.34. The van der Waals surface area contributed by atoms with E-state index < -0.39 is 23.5 Å². The van der Waals surface area contributed by atoms with Gasteiger partial charge in [0.1, 0.15) is 11.6 Å². The van der Waals surface area contributed by atoms with Crippen LogP contribution in [0.25, 0.3) is 0 Å². The van der Waals surface area contributed by atoms with Gasteiger partial charge in [-0.15, -0.1) is 11.8 Å². The molecule has 2 aliphatic rings. The normalized spacial score (nSPS) is 18.2. The molecular formula is C21H28N4O5S. The molecule has 1 atom stereocenters. The number of hydrogen-bond donors (Lipinski definition) is 2. The van der Waals surface area contributed by atoms with Gasteiger partial charge >= 0.3 is 0 Å². The number of benzene rings is 1. The van der Waals surface area contributed by atoms with Crippen molar-refractivity contribution < 1.29 is 23.9 Å². The Hall–Kier alpha value is -2.59. The predicted octanol–water partition coefficient (Wildman–Crippen LogP) is -0.0113. The van der Waals surface area contributed by atoms with Crippen molar-refractivity contribution in [2.24, 2.45) is 5.73 Å². The summed E-state index contributed by atoms with van der Waals surface area (Å²) in [4.78, 5) is 52.3. The lowest BCUT2D eigenvalue weighted by Crippen LogP contribution is -2.71. The van der Waals surface area contributed by atoms with Crippen LogP contribution in [-0.4, -0.2) is 83.6 Å². The van der Waals surface area contributed by atoms with Crippen LogP contribution in [0.2, 0.25) is 0 Å². The fourth-order valence-corrected chi connectivity index (χ4v) is 4.64. The molecule has 168 valence electrons. The standard InChI is InChI=1S/C21H28N4O5S/c1-15(26)23-17(20(22)29)11-19(28)24-8-9-30-21(12-24)13-25(14-21)18(27)7-10-31-16-5-3-2-4-6-16/h2-6,17H,7-14H2,1H3,(H2,22,29)(H,23,26)/t17-/m0/s1. The van der Waals surface area contributed by atoms with Gasteiger partial charge in [0.25, 0.3) is 0 Å². The Kier molecular flexibility index (Phi) is 7.55. The Balaban J connectivity index is 1.45. The van der Waals surface area contributed by atoms with Crippen LogP contribution in [0, 0.1) is 0 Å². The van der Waals surface area contributed by atoms with Gasteiger partial charge in [-0.3, -0.25) is 19.2 Å². The minimum Gasteiger partial charge on any atom is -0.368 e. The Labute approximate surface area is 185 Å². The Morgan fingerprint density at radius 1 is 1.13 bits per heavy atom. The molecule has 9 nitrogen and oxygen atoms in total. The molecule has 2 heterocycles. The van der Waals surface area contributed by atoms with Gasteiger partial charge in [0, 0.05) is 30.5 Å². The van der Waals surface area contributed by atoms with E-state index in [9.17, 15) is 19.2 Å². The smallest absolute Gasteiger partial charge is 0.240 e. The molecule has 0 unspecified atom stereocenters. The van der Waals surface area contributed by atoms with Gasteiger partial charge < -0.3 is 25.6 Å². The minimum atomic E-state index is -1.04. The van der Waals surface area contributed by atoms with E-state index in [1.165, 1.54) is 6.92 Å². The minimum absolute atomic E-state index is 0.0700. The number of primary amides is 1. The fraction of sp³-hybridized carbons (Fsp3) is 0.524. The number of nitrogens with two attached hydrogens (primary N) is 1. The van der Waals surface area contributed by atoms with E-state index in [0.29, 0.717) is 45.0 Å². The number of nitrogens with zero attached hydrogens (tertiary/aromatic N) is 2. The monoisotopic (exact) mass is 448 g/mol. The number of likely N-dealkylation sites (tertiary alicyclic amines) is 1. The SMILES string of the molecule is CC(=O)N[C@@H](CC(=O)N1CCOC2(C1)CN(C(=O)CCSc1ccccc1)C2)C(N)=O. The lowest BCUT2D eigenvalue weighted by Gasteiger charge is -2.53. The van der Waals surface area contributed by atoms with Crippen molar-refractivity contribution >= 4 is 35.4 Å². The highest BCUT2D eigenvalue weighted by Crippen LogP contribution is 2.30. The lowest BCUT2D eigenvalue weighted by molar-refractivity contribution is -0.194. The first-order valence-corrected chi connectivity index (χ1v) is 11.2. The first kappa shape index (κ1) is 23.1. The number of morpholine rings is 1. The maximum absolute atomic E-state index is 12.6. The summed E-state index contributed by atoms with van der Waals surface area (Å²) >= 11 is 1.64. The van der Waals surface area contributed by atoms with Gasteiger partial charge in [-0.2, -0.15) is 0 Å². The number of rotatable bonds is 8. The summed E-state index contributed by atoms with van der Waals surface area (Å²) in [5.74, 6) is -0.672. The number of amides is 4. The molecule has 31 heavy (non-hydrogen) atoms. The summed E-state index contributed by atoms with van der Waals surface area (Å²) in [6, 6.07) is 8.90. The molecular weight excluding hydrogens is 420 g/mol. The van der Waals surface area contributed by atoms with E-state index in [1.807, 2.05) is 30.3 Å². The van der Waals surface area contributed by atoms with Crippen LogP contribution in [0.4, 0.5) is 0 Å². The van der Waals surface area contributed by atoms with Crippen molar-refractivity contribution in [2.45, 2.75) is 36.3 Å². The van der Waals surface area contributed by atoms with Crippen molar-refractivity contribution in [3.8, 4) is 0 Å². The van der Waals surface area contributed by atoms with E-state index in [-0.39, 0.29) is 18.2 Å². The van der Waals surface area contributed by atoms with E-state index in [2.05, 4.69) is 5.32 Å². The van der Waals surface area contributed by atoms with Crippen molar-refractivity contribution in [3.05, 3.63) is 30.3 Å². The molecule has 1 spiro atoms. The van der Waals surface area contributed by atoms with Crippen LogP contribution in [0.3, 0.4) is 0 Å². The summed E-state index contributed by atoms with van der Waals surface area (Å²) < 4.78 is 5.90. The van der Waals surface area contributed by atoms with Crippen molar-refractivity contribution in [1.82, 2.24) is 15.1 Å². The number of carbonyl (C=O) groups excluding carboxylic acids is 4. The van der Waals surface area contributed by atoms with Gasteiger partial charge in [0.2, 0.25) is 23.6 Å². The fourth-order valence-electron chi connectivity index (χ4n) is 3.78. The third kappa shape index (κ3) is 6.20. The molecule has 2 fully saturated rings. The number of thioether (sulfide) groups is 1. The zero-order valence-electron chi connectivity index (χ0n) is 17.5. The first-order valence-electron chi connectivity index (χ1n) is 10.2. The topological polar surface area (TPSA) is 122 Å². The number of ether oxygens (including phenoxy) is 1. The summed E-state index contributed by atoms with van der Waals surface area (Å²) in [6.45, 7) is 3.25. The predicted molar refractivity (Wildman–Crippen MR) is 115 cm³/mol. The van der Waals surface area contributed by atoms with Crippen LogP contribution in [-0.2, 0) is 23.9 Å². The quantitative estimate of drug-likeness (QED) is 0.540. The van der Waals surface area contributed by atoms with Crippen LogP contribution < -0.4 is 11.1 Å². The third-order valence-corrected chi connectivity index (χ3v) is 6.35. The number of hydrogen-bond acceptors (Lipinski definition) is 6. The highest BCUT2D eigenvalue weighted by atomic mass is 32.2. The molecule has 0 saturated carbocycles. The lowest BCUT2D eigenvalue weighted by atomic mass is 9.91. The molecule has 1 aromatic carbocycles. The molecule has 3 N–H and O–H groups in total. The molecule has 0 aliphatic carbocycles. The Morgan fingerprint density at radius 3 is 2.45 bits per heavy atom. The first-order chi connectivity index (χ1) is 14.8. The zero-order chi connectivity index (χ0) is 22.4. The average Bonchev–Trinajstić information content (AvgIpc) is 2.71. The second-order valence-electron chi connectivity index (χ2n) is 7.87. The molecule has 0 radical (unpaired) electrons. The molecule has 3 rings (SSSR count). The molecule has 2 aliphatic heterocycles. The number of carbonyl (C=O) groups is 4. The van der Waals surface area contributed by atoms with Gasteiger partial charge in [0.15, 0.2) is 0 Å². The van der Waals surface area contributed by atoms with E-state index in [1.54, 1.807) is 21.6 Å². The summed E-state index contributed by atoms with van der Waals surface area (Å²) in [7, 11) is 0. The van der Waals surface area contributed by atoms with Crippen LogP contribution >= 0.6 is 11.8 Å². The van der Waals surface area contributed by atoms with E-state index in [0.717, 1.165) is 4.90 Å². The molecule has 2 saturated heterocycles. The Bertz CT molecular complexity index is 828. The number of nitrogens with one attached hydrogen (secondary N) is 1. The molecule has 0 aromatic heterocycles. The average molecular weight is 449 g/mol. The summed E-state index contributed by atoms with van der Waals surface area (Å²) in [5.41, 5.74) is 4.72. The molecule has 4 amide bonds. The van der Waals surface area contributed by atoms with E-state index in [4.69, 9.17) is 10.5 Å². The largest absolute Gasteiger partial charge is 0.368 e. The van der Waals surface area contributed by atoms with Crippen LogP contribution in [0.5, 0.6) is 0 Å². The van der Waals surface area contributed by atoms with Crippen LogP contribution in [0.15, 0.2) is 35.2 Å². The van der Waals surface area contributed by atoms with Gasteiger partial charge in [-0.25, -0.2) is 0 Å².